The summed E-state index contributed by atoms with van der Waals surface area (Å²) in [5.41, 5.74) is 1.90. The van der Waals surface area contributed by atoms with E-state index in [0.29, 0.717) is 6.42 Å². The standard InChI is InChI=1S/C29H37N3O4S/c1-6-22(4)30-29(34)27(7-2)32(19-25-15-9-8-12-21(25)3)28(33)20-31(5)37(35,36)26-17-16-23-13-10-11-14-24(23)18-26/h8-18,22,27H,6-7,19-20H2,1-5H3,(H,30,34). The molecule has 8 heteroatoms. The average Bonchev–Trinajstić information content (AvgIpc) is 2.89. The third kappa shape index (κ3) is 6.76. The van der Waals surface area contributed by atoms with E-state index in [1.54, 1.807) is 18.2 Å². The Hall–Kier alpha value is -3.23. The SMILES string of the molecule is CCC(C)NC(=O)C(CC)N(Cc1ccccc1C)C(=O)CN(C)S(=O)(=O)c1ccc2ccccc2c1. The van der Waals surface area contributed by atoms with Gasteiger partial charge in [-0.1, -0.05) is 68.4 Å². The smallest absolute Gasteiger partial charge is 0.243 e. The van der Waals surface area contributed by atoms with Crippen molar-refractivity contribution in [3.8, 4) is 0 Å². The summed E-state index contributed by atoms with van der Waals surface area (Å²) in [6.45, 7) is 7.54. The number of fused-ring (bicyclic) bond motifs is 1. The van der Waals surface area contributed by atoms with E-state index < -0.39 is 22.0 Å². The van der Waals surface area contributed by atoms with Gasteiger partial charge >= 0.3 is 0 Å². The molecule has 0 saturated carbocycles. The molecule has 2 atom stereocenters. The number of nitrogens with one attached hydrogen (secondary N) is 1. The fraction of sp³-hybridized carbons (Fsp3) is 0.379. The summed E-state index contributed by atoms with van der Waals surface area (Å²) in [5.74, 6) is -0.667. The summed E-state index contributed by atoms with van der Waals surface area (Å²) in [5, 5.41) is 4.71. The molecule has 2 unspecified atom stereocenters. The Morgan fingerprint density at radius 1 is 0.919 bits per heavy atom. The molecule has 7 nitrogen and oxygen atoms in total. The summed E-state index contributed by atoms with van der Waals surface area (Å²) in [7, 11) is -2.53. The molecule has 3 rings (SSSR count). The Kier molecular flexibility index (Phi) is 9.45. The van der Waals surface area contributed by atoms with Crippen molar-refractivity contribution in [1.29, 1.82) is 0 Å². The number of hydrogen-bond acceptors (Lipinski definition) is 4. The van der Waals surface area contributed by atoms with E-state index in [1.807, 2.05) is 76.2 Å². The zero-order valence-corrected chi connectivity index (χ0v) is 23.1. The fourth-order valence-corrected chi connectivity index (χ4v) is 5.36. The van der Waals surface area contributed by atoms with E-state index in [-0.39, 0.29) is 29.9 Å². The molecule has 0 bridgehead atoms. The van der Waals surface area contributed by atoms with Gasteiger partial charge in [-0.15, -0.1) is 0 Å². The summed E-state index contributed by atoms with van der Waals surface area (Å²) in [6.07, 6.45) is 1.17. The van der Waals surface area contributed by atoms with Crippen LogP contribution >= 0.6 is 0 Å². The van der Waals surface area contributed by atoms with Gasteiger partial charge in [-0.2, -0.15) is 4.31 Å². The molecule has 1 N–H and O–H groups in total. The van der Waals surface area contributed by atoms with Gasteiger partial charge in [-0.25, -0.2) is 8.42 Å². The van der Waals surface area contributed by atoms with Crippen LogP contribution in [0.15, 0.2) is 71.6 Å². The number of amides is 2. The van der Waals surface area contributed by atoms with Crippen LogP contribution in [0.4, 0.5) is 0 Å². The van der Waals surface area contributed by atoms with Crippen LogP contribution in [0.25, 0.3) is 10.8 Å². The highest BCUT2D eigenvalue weighted by molar-refractivity contribution is 7.89. The van der Waals surface area contributed by atoms with Gasteiger partial charge in [0.05, 0.1) is 11.4 Å². The van der Waals surface area contributed by atoms with Crippen molar-refractivity contribution in [1.82, 2.24) is 14.5 Å². The van der Waals surface area contributed by atoms with Crippen molar-refractivity contribution in [2.45, 2.75) is 64.1 Å². The minimum absolute atomic E-state index is 0.0343. The maximum Gasteiger partial charge on any atom is 0.243 e. The molecule has 3 aromatic carbocycles. The molecular formula is C29H37N3O4S. The first-order valence-electron chi connectivity index (χ1n) is 12.7. The van der Waals surface area contributed by atoms with Gasteiger partial charge < -0.3 is 10.2 Å². The third-order valence-electron chi connectivity index (χ3n) is 6.78. The van der Waals surface area contributed by atoms with Crippen LogP contribution in [-0.2, 0) is 26.2 Å². The Morgan fingerprint density at radius 3 is 2.22 bits per heavy atom. The Labute approximate surface area is 220 Å². The van der Waals surface area contributed by atoms with Gasteiger partial charge in [0.2, 0.25) is 21.8 Å². The molecular weight excluding hydrogens is 486 g/mol. The van der Waals surface area contributed by atoms with Crippen LogP contribution < -0.4 is 5.32 Å². The first kappa shape index (κ1) is 28.3. The van der Waals surface area contributed by atoms with Crippen LogP contribution in [-0.4, -0.2) is 55.1 Å². The van der Waals surface area contributed by atoms with Crippen molar-refractivity contribution < 1.29 is 18.0 Å². The number of carbonyl (C=O) groups is 2. The molecule has 198 valence electrons. The third-order valence-corrected chi connectivity index (χ3v) is 8.58. The number of benzene rings is 3. The first-order valence-corrected chi connectivity index (χ1v) is 14.1. The van der Waals surface area contributed by atoms with Gasteiger partial charge in [0.15, 0.2) is 0 Å². The predicted molar refractivity (Wildman–Crippen MR) is 147 cm³/mol. The van der Waals surface area contributed by atoms with E-state index in [1.165, 1.54) is 11.9 Å². The molecule has 0 aromatic heterocycles. The van der Waals surface area contributed by atoms with Gasteiger partial charge in [0.1, 0.15) is 6.04 Å². The molecule has 37 heavy (non-hydrogen) atoms. The Balaban J connectivity index is 1.89. The lowest BCUT2D eigenvalue weighted by Gasteiger charge is -2.33. The molecule has 0 radical (unpaired) electrons. The molecule has 0 fully saturated rings. The fourth-order valence-electron chi connectivity index (χ4n) is 4.21. The maximum absolute atomic E-state index is 13.7. The molecule has 0 saturated heterocycles. The number of aryl methyl sites for hydroxylation is 1. The second kappa shape index (κ2) is 12.3. The summed E-state index contributed by atoms with van der Waals surface area (Å²) >= 11 is 0. The lowest BCUT2D eigenvalue weighted by atomic mass is 10.1. The van der Waals surface area contributed by atoms with E-state index in [0.717, 1.165) is 32.6 Å². The van der Waals surface area contributed by atoms with Crippen LogP contribution in [0.3, 0.4) is 0 Å². The highest BCUT2D eigenvalue weighted by atomic mass is 32.2. The second-order valence-corrected chi connectivity index (χ2v) is 11.5. The zero-order valence-electron chi connectivity index (χ0n) is 22.3. The molecule has 0 aliphatic carbocycles. The largest absolute Gasteiger partial charge is 0.352 e. The van der Waals surface area contributed by atoms with Crippen LogP contribution in [0, 0.1) is 6.92 Å². The van der Waals surface area contributed by atoms with Gasteiger partial charge in [-0.3, -0.25) is 9.59 Å². The summed E-state index contributed by atoms with van der Waals surface area (Å²) in [4.78, 5) is 28.4. The highest BCUT2D eigenvalue weighted by Gasteiger charge is 2.32. The zero-order chi connectivity index (χ0) is 27.2. The van der Waals surface area contributed by atoms with Crippen molar-refractivity contribution in [2.75, 3.05) is 13.6 Å². The van der Waals surface area contributed by atoms with Gasteiger partial charge in [0, 0.05) is 19.6 Å². The van der Waals surface area contributed by atoms with Gasteiger partial charge in [0.25, 0.3) is 0 Å². The number of sulfonamides is 1. The molecule has 0 aliphatic heterocycles. The Morgan fingerprint density at radius 2 is 1.57 bits per heavy atom. The van der Waals surface area contributed by atoms with Crippen LogP contribution in [0.1, 0.15) is 44.7 Å². The lowest BCUT2D eigenvalue weighted by molar-refractivity contribution is -0.141. The first-order chi connectivity index (χ1) is 17.6. The quantitative estimate of drug-likeness (QED) is 0.401. The van der Waals surface area contributed by atoms with Crippen LogP contribution in [0.5, 0.6) is 0 Å². The maximum atomic E-state index is 13.7. The number of likely N-dealkylation sites (N-methyl/N-ethyl adjacent to an activating group) is 1. The van der Waals surface area contributed by atoms with E-state index in [4.69, 9.17) is 0 Å². The van der Waals surface area contributed by atoms with Crippen molar-refractivity contribution >= 4 is 32.6 Å². The monoisotopic (exact) mass is 523 g/mol. The minimum atomic E-state index is -3.93. The van der Waals surface area contributed by atoms with Crippen molar-refractivity contribution in [3.05, 3.63) is 77.9 Å². The highest BCUT2D eigenvalue weighted by Crippen LogP contribution is 2.22. The minimum Gasteiger partial charge on any atom is -0.352 e. The average molecular weight is 524 g/mol. The number of rotatable bonds is 11. The molecule has 2 amide bonds. The van der Waals surface area contributed by atoms with Crippen molar-refractivity contribution in [2.24, 2.45) is 0 Å². The van der Waals surface area contributed by atoms with E-state index in [9.17, 15) is 18.0 Å². The molecule has 0 heterocycles. The second-order valence-electron chi connectivity index (χ2n) is 9.46. The summed E-state index contributed by atoms with van der Waals surface area (Å²) in [6, 6.07) is 19.4. The predicted octanol–water partition coefficient (Wildman–Crippen LogP) is 4.49. The van der Waals surface area contributed by atoms with Gasteiger partial charge in [-0.05, 0) is 60.7 Å². The number of nitrogens with zero attached hydrogens (tertiary/aromatic N) is 2. The topological polar surface area (TPSA) is 86.8 Å². The normalized spacial score (nSPS) is 13.4. The molecule has 0 aliphatic rings. The Bertz CT molecular complexity index is 1360. The summed E-state index contributed by atoms with van der Waals surface area (Å²) < 4.78 is 27.8. The van der Waals surface area contributed by atoms with Crippen molar-refractivity contribution in [3.63, 3.8) is 0 Å². The lowest BCUT2D eigenvalue weighted by Crippen LogP contribution is -2.53. The molecule has 3 aromatic rings. The molecule has 0 spiro atoms. The number of carbonyl (C=O) groups excluding carboxylic acids is 2. The van der Waals surface area contributed by atoms with E-state index >= 15 is 0 Å². The van der Waals surface area contributed by atoms with Crippen LogP contribution in [0.2, 0.25) is 0 Å². The van der Waals surface area contributed by atoms with E-state index in [2.05, 4.69) is 5.32 Å². The number of hydrogen-bond donors (Lipinski definition) is 1.